The van der Waals surface area contributed by atoms with E-state index in [2.05, 4.69) is 12.2 Å². The molecule has 4 heteroatoms. The number of hydrogen-bond acceptors (Lipinski definition) is 3. The number of carbonyl (C=O) groups excluding carboxylic acids is 1. The molecule has 0 aliphatic carbocycles. The molecule has 4 nitrogen and oxygen atoms in total. The van der Waals surface area contributed by atoms with Gasteiger partial charge < -0.3 is 15.8 Å². The molecule has 0 spiro atoms. The van der Waals surface area contributed by atoms with Gasteiger partial charge in [-0.05, 0) is 37.5 Å². The van der Waals surface area contributed by atoms with E-state index in [4.69, 9.17) is 10.5 Å². The lowest BCUT2D eigenvalue weighted by Crippen LogP contribution is -2.50. The molecule has 1 aliphatic heterocycles. The first-order valence-electron chi connectivity index (χ1n) is 6.31. The zero-order valence-corrected chi connectivity index (χ0v) is 10.7. The number of rotatable bonds is 3. The highest BCUT2D eigenvalue weighted by molar-refractivity contribution is 5.79. The predicted molar refractivity (Wildman–Crippen MR) is 71.2 cm³/mol. The van der Waals surface area contributed by atoms with Gasteiger partial charge in [0, 0.05) is 24.4 Å². The molecule has 0 aromatic heterocycles. The summed E-state index contributed by atoms with van der Waals surface area (Å²) >= 11 is 0. The van der Waals surface area contributed by atoms with Crippen molar-refractivity contribution in [2.45, 2.75) is 31.7 Å². The molecule has 1 aliphatic rings. The summed E-state index contributed by atoms with van der Waals surface area (Å²) in [6.45, 7) is 3.52. The number of nitrogens with two attached hydrogens (primary N) is 1. The minimum atomic E-state index is -0.122. The van der Waals surface area contributed by atoms with Crippen LogP contribution in [-0.2, 0) is 16.0 Å². The lowest BCUT2D eigenvalue weighted by molar-refractivity contribution is -0.123. The van der Waals surface area contributed by atoms with Crippen molar-refractivity contribution in [3.05, 3.63) is 29.8 Å². The molecule has 1 heterocycles. The summed E-state index contributed by atoms with van der Waals surface area (Å²) in [7, 11) is 0. The molecule has 0 unspecified atom stereocenters. The van der Waals surface area contributed by atoms with Crippen LogP contribution < -0.4 is 11.1 Å². The van der Waals surface area contributed by atoms with Crippen LogP contribution in [0, 0.1) is 0 Å². The first kappa shape index (κ1) is 12.9. The Balaban J connectivity index is 1.90. The Hall–Kier alpha value is -1.55. The third-order valence-electron chi connectivity index (χ3n) is 3.38. The Morgan fingerprint density at radius 2 is 1.94 bits per heavy atom. The van der Waals surface area contributed by atoms with E-state index in [0.29, 0.717) is 6.42 Å². The number of carbonyl (C=O) groups is 1. The summed E-state index contributed by atoms with van der Waals surface area (Å²) in [6, 6.07) is 7.42. The van der Waals surface area contributed by atoms with Crippen LogP contribution in [0.4, 0.5) is 5.69 Å². The van der Waals surface area contributed by atoms with Crippen LogP contribution in [0.3, 0.4) is 0 Å². The Labute approximate surface area is 108 Å². The minimum absolute atomic E-state index is 0.0594. The summed E-state index contributed by atoms with van der Waals surface area (Å²) < 4.78 is 5.31. The fourth-order valence-electron chi connectivity index (χ4n) is 2.15. The molecule has 1 fully saturated rings. The standard InChI is InChI=1S/C14H20N2O2/c1-14(6-8-18-9-7-14)16-13(17)10-11-2-4-12(15)5-3-11/h2-5H,6-10,15H2,1H3,(H,16,17). The first-order valence-corrected chi connectivity index (χ1v) is 6.31. The van der Waals surface area contributed by atoms with E-state index >= 15 is 0 Å². The van der Waals surface area contributed by atoms with Gasteiger partial charge in [-0.3, -0.25) is 4.79 Å². The maximum Gasteiger partial charge on any atom is 0.224 e. The highest BCUT2D eigenvalue weighted by Crippen LogP contribution is 2.19. The summed E-state index contributed by atoms with van der Waals surface area (Å²) in [5, 5.41) is 3.11. The molecule has 0 saturated carbocycles. The Morgan fingerprint density at radius 1 is 1.33 bits per heavy atom. The molecule has 0 bridgehead atoms. The maximum atomic E-state index is 12.0. The Bertz CT molecular complexity index is 408. The van der Waals surface area contributed by atoms with E-state index < -0.39 is 0 Å². The van der Waals surface area contributed by atoms with Crippen molar-refractivity contribution in [2.24, 2.45) is 0 Å². The molecular formula is C14H20N2O2. The molecular weight excluding hydrogens is 228 g/mol. The number of hydrogen-bond donors (Lipinski definition) is 2. The number of amides is 1. The van der Waals surface area contributed by atoms with Crippen molar-refractivity contribution >= 4 is 11.6 Å². The van der Waals surface area contributed by atoms with E-state index in [-0.39, 0.29) is 11.4 Å². The average molecular weight is 248 g/mol. The average Bonchev–Trinajstić information content (AvgIpc) is 2.32. The van der Waals surface area contributed by atoms with Crippen LogP contribution in [0.5, 0.6) is 0 Å². The number of nitrogen functional groups attached to an aromatic ring is 1. The third-order valence-corrected chi connectivity index (χ3v) is 3.38. The van der Waals surface area contributed by atoms with Gasteiger partial charge in [-0.1, -0.05) is 12.1 Å². The Kier molecular flexibility index (Phi) is 3.87. The van der Waals surface area contributed by atoms with Gasteiger partial charge in [-0.15, -0.1) is 0 Å². The van der Waals surface area contributed by atoms with Gasteiger partial charge in [0.2, 0.25) is 5.91 Å². The summed E-state index contributed by atoms with van der Waals surface area (Å²) in [5.41, 5.74) is 7.19. The molecule has 2 rings (SSSR count). The highest BCUT2D eigenvalue weighted by Gasteiger charge is 2.28. The molecule has 1 saturated heterocycles. The van der Waals surface area contributed by atoms with Gasteiger partial charge in [0.25, 0.3) is 0 Å². The third kappa shape index (κ3) is 3.47. The van der Waals surface area contributed by atoms with Crippen molar-refractivity contribution in [3.8, 4) is 0 Å². The molecule has 98 valence electrons. The second kappa shape index (κ2) is 5.40. The smallest absolute Gasteiger partial charge is 0.224 e. The van der Waals surface area contributed by atoms with E-state index in [1.807, 2.05) is 24.3 Å². The zero-order valence-electron chi connectivity index (χ0n) is 10.7. The summed E-state index contributed by atoms with van der Waals surface area (Å²) in [6.07, 6.45) is 2.15. The molecule has 0 atom stereocenters. The number of anilines is 1. The SMILES string of the molecule is CC1(NC(=O)Cc2ccc(N)cc2)CCOCC1. The first-order chi connectivity index (χ1) is 8.57. The number of nitrogens with one attached hydrogen (secondary N) is 1. The van der Waals surface area contributed by atoms with Gasteiger partial charge >= 0.3 is 0 Å². The molecule has 18 heavy (non-hydrogen) atoms. The van der Waals surface area contributed by atoms with Crippen LogP contribution in [0.1, 0.15) is 25.3 Å². The largest absolute Gasteiger partial charge is 0.399 e. The van der Waals surface area contributed by atoms with Crippen molar-refractivity contribution in [2.75, 3.05) is 18.9 Å². The van der Waals surface area contributed by atoms with E-state index in [9.17, 15) is 4.79 Å². The molecule has 1 amide bonds. The molecule has 3 N–H and O–H groups in total. The van der Waals surface area contributed by atoms with Crippen molar-refractivity contribution < 1.29 is 9.53 Å². The van der Waals surface area contributed by atoms with Crippen LogP contribution in [0.2, 0.25) is 0 Å². The van der Waals surface area contributed by atoms with Gasteiger partial charge in [0.1, 0.15) is 0 Å². The topological polar surface area (TPSA) is 64.4 Å². The van der Waals surface area contributed by atoms with Crippen LogP contribution in [0.25, 0.3) is 0 Å². The van der Waals surface area contributed by atoms with Gasteiger partial charge in [0.15, 0.2) is 0 Å². The summed E-state index contributed by atoms with van der Waals surface area (Å²) in [4.78, 5) is 12.0. The van der Waals surface area contributed by atoms with Crippen molar-refractivity contribution in [1.29, 1.82) is 0 Å². The van der Waals surface area contributed by atoms with Crippen molar-refractivity contribution in [1.82, 2.24) is 5.32 Å². The highest BCUT2D eigenvalue weighted by atomic mass is 16.5. The van der Waals surface area contributed by atoms with E-state index in [0.717, 1.165) is 37.3 Å². The normalized spacial score (nSPS) is 18.3. The lowest BCUT2D eigenvalue weighted by atomic mass is 9.92. The fourth-order valence-corrected chi connectivity index (χ4v) is 2.15. The Morgan fingerprint density at radius 3 is 2.56 bits per heavy atom. The molecule has 1 aromatic carbocycles. The van der Waals surface area contributed by atoms with E-state index in [1.165, 1.54) is 0 Å². The minimum Gasteiger partial charge on any atom is -0.399 e. The van der Waals surface area contributed by atoms with Crippen LogP contribution in [0.15, 0.2) is 24.3 Å². The van der Waals surface area contributed by atoms with Crippen LogP contribution >= 0.6 is 0 Å². The van der Waals surface area contributed by atoms with Gasteiger partial charge in [0.05, 0.1) is 6.42 Å². The predicted octanol–water partition coefficient (Wildman–Crippen LogP) is 1.50. The number of benzene rings is 1. The second-order valence-electron chi connectivity index (χ2n) is 5.14. The zero-order chi connectivity index (χ0) is 13.0. The van der Waals surface area contributed by atoms with Crippen LogP contribution in [-0.4, -0.2) is 24.7 Å². The number of ether oxygens (including phenoxy) is 1. The summed E-state index contributed by atoms with van der Waals surface area (Å²) in [5.74, 6) is 0.0594. The van der Waals surface area contributed by atoms with Gasteiger partial charge in [-0.25, -0.2) is 0 Å². The molecule has 1 aromatic rings. The maximum absolute atomic E-state index is 12.0. The fraction of sp³-hybridized carbons (Fsp3) is 0.500. The monoisotopic (exact) mass is 248 g/mol. The quantitative estimate of drug-likeness (QED) is 0.797. The van der Waals surface area contributed by atoms with E-state index in [1.54, 1.807) is 0 Å². The lowest BCUT2D eigenvalue weighted by Gasteiger charge is -2.34. The molecule has 0 radical (unpaired) electrons. The second-order valence-corrected chi connectivity index (χ2v) is 5.14. The van der Waals surface area contributed by atoms with Crippen molar-refractivity contribution in [3.63, 3.8) is 0 Å². The van der Waals surface area contributed by atoms with Gasteiger partial charge in [-0.2, -0.15) is 0 Å².